The zero-order valence-corrected chi connectivity index (χ0v) is 14.8. The number of thioether (sulfide) groups is 1. The first-order chi connectivity index (χ1) is 10.5. The lowest BCUT2D eigenvalue weighted by atomic mass is 10.1. The van der Waals surface area contributed by atoms with Gasteiger partial charge in [-0.25, -0.2) is 4.39 Å². The van der Waals surface area contributed by atoms with Crippen LogP contribution in [-0.2, 0) is 4.79 Å². The minimum Gasteiger partial charge on any atom is -0.338 e. The molecule has 2 rings (SSSR count). The molecule has 2 aromatic rings. The van der Waals surface area contributed by atoms with Gasteiger partial charge in [-0.1, -0.05) is 24.3 Å². The van der Waals surface area contributed by atoms with E-state index in [1.165, 1.54) is 23.9 Å². The number of amides is 1. The Morgan fingerprint density at radius 3 is 2.50 bits per heavy atom. The molecule has 0 fully saturated rings. The minimum atomic E-state index is -0.269. The second-order valence-corrected chi connectivity index (χ2v) is 6.82. The summed E-state index contributed by atoms with van der Waals surface area (Å²) in [6.45, 7) is 1.94. The molecule has 0 bridgehead atoms. The van der Waals surface area contributed by atoms with Gasteiger partial charge in [0.05, 0.1) is 11.8 Å². The van der Waals surface area contributed by atoms with E-state index < -0.39 is 0 Å². The first kappa shape index (κ1) is 17.0. The normalized spacial score (nSPS) is 12.0. The lowest BCUT2D eigenvalue weighted by Crippen LogP contribution is -2.31. The number of hydrogen-bond acceptors (Lipinski definition) is 2. The second-order valence-electron chi connectivity index (χ2n) is 4.95. The van der Waals surface area contributed by atoms with Gasteiger partial charge >= 0.3 is 0 Å². The van der Waals surface area contributed by atoms with Crippen molar-refractivity contribution in [3.63, 3.8) is 0 Å². The van der Waals surface area contributed by atoms with Crippen molar-refractivity contribution in [2.45, 2.75) is 17.9 Å². The molecule has 1 amide bonds. The van der Waals surface area contributed by atoms with E-state index >= 15 is 0 Å². The van der Waals surface area contributed by atoms with Crippen molar-refractivity contribution in [3.8, 4) is 0 Å². The molecular weight excluding hydrogens is 365 g/mol. The van der Waals surface area contributed by atoms with Crippen molar-refractivity contribution in [1.29, 1.82) is 0 Å². The van der Waals surface area contributed by atoms with E-state index in [-0.39, 0.29) is 17.8 Å². The lowest BCUT2D eigenvalue weighted by Gasteiger charge is -2.25. The molecule has 0 aliphatic rings. The van der Waals surface area contributed by atoms with E-state index in [0.717, 1.165) is 14.9 Å². The average molecular weight is 382 g/mol. The maximum Gasteiger partial charge on any atom is 0.233 e. The van der Waals surface area contributed by atoms with E-state index in [0.29, 0.717) is 5.75 Å². The summed E-state index contributed by atoms with van der Waals surface area (Å²) in [4.78, 5) is 15.1. The molecule has 0 saturated heterocycles. The zero-order chi connectivity index (χ0) is 16.1. The van der Waals surface area contributed by atoms with Crippen molar-refractivity contribution < 1.29 is 9.18 Å². The molecule has 0 N–H and O–H groups in total. The van der Waals surface area contributed by atoms with Gasteiger partial charge in [-0.15, -0.1) is 11.8 Å². The van der Waals surface area contributed by atoms with Crippen LogP contribution in [0.25, 0.3) is 0 Å². The van der Waals surface area contributed by atoms with Crippen LogP contribution in [0.4, 0.5) is 4.39 Å². The average Bonchev–Trinajstić information content (AvgIpc) is 2.53. The highest BCUT2D eigenvalue weighted by atomic mass is 79.9. The van der Waals surface area contributed by atoms with Gasteiger partial charge in [-0.2, -0.15) is 0 Å². The number of benzene rings is 2. The van der Waals surface area contributed by atoms with Gasteiger partial charge in [0.15, 0.2) is 0 Å². The monoisotopic (exact) mass is 381 g/mol. The number of halogens is 2. The zero-order valence-electron chi connectivity index (χ0n) is 12.4. The molecule has 22 heavy (non-hydrogen) atoms. The largest absolute Gasteiger partial charge is 0.338 e. The highest BCUT2D eigenvalue weighted by Gasteiger charge is 2.17. The fourth-order valence-corrected chi connectivity index (χ4v) is 3.48. The van der Waals surface area contributed by atoms with Gasteiger partial charge in [0.1, 0.15) is 5.82 Å². The molecule has 116 valence electrons. The summed E-state index contributed by atoms with van der Waals surface area (Å²) in [6, 6.07) is 14.0. The van der Waals surface area contributed by atoms with Gasteiger partial charge in [-0.05, 0) is 52.7 Å². The van der Waals surface area contributed by atoms with E-state index in [2.05, 4.69) is 15.9 Å². The summed E-state index contributed by atoms with van der Waals surface area (Å²) in [5, 5.41) is 0. The van der Waals surface area contributed by atoms with E-state index in [1.54, 1.807) is 24.1 Å². The third-order valence-corrected chi connectivity index (χ3v) is 5.53. The van der Waals surface area contributed by atoms with Crippen molar-refractivity contribution >= 4 is 33.6 Å². The summed E-state index contributed by atoms with van der Waals surface area (Å²) in [5.74, 6) is 0.136. The smallest absolute Gasteiger partial charge is 0.233 e. The van der Waals surface area contributed by atoms with E-state index in [4.69, 9.17) is 0 Å². The maximum absolute atomic E-state index is 13.0. The van der Waals surface area contributed by atoms with Crippen LogP contribution in [0.15, 0.2) is 57.9 Å². The molecule has 0 saturated carbocycles. The molecule has 0 radical (unpaired) electrons. The van der Waals surface area contributed by atoms with Crippen LogP contribution in [0, 0.1) is 5.82 Å². The molecule has 0 aromatic heterocycles. The van der Waals surface area contributed by atoms with Crippen molar-refractivity contribution in [2.75, 3.05) is 12.8 Å². The summed E-state index contributed by atoms with van der Waals surface area (Å²) < 4.78 is 14.0. The Bertz CT molecular complexity index is 647. The van der Waals surface area contributed by atoms with Crippen molar-refractivity contribution in [2.24, 2.45) is 0 Å². The molecule has 2 nitrogen and oxygen atoms in total. The van der Waals surface area contributed by atoms with Crippen molar-refractivity contribution in [3.05, 3.63) is 64.4 Å². The predicted octanol–water partition coefficient (Wildman–Crippen LogP) is 4.90. The SMILES string of the molecule is CC(c1ccc(F)cc1)N(C)C(=O)CSc1ccccc1Br. The summed E-state index contributed by atoms with van der Waals surface area (Å²) in [6.07, 6.45) is 0. The fourth-order valence-electron chi connectivity index (χ4n) is 1.98. The standard InChI is InChI=1S/C17H17BrFNOS/c1-12(13-7-9-14(19)10-8-13)20(2)17(21)11-22-16-6-4-3-5-15(16)18/h3-10,12H,11H2,1-2H3. The Hall–Kier alpha value is -1.33. The lowest BCUT2D eigenvalue weighted by molar-refractivity contribution is -0.128. The van der Waals surface area contributed by atoms with Crippen LogP contribution in [0.3, 0.4) is 0 Å². The third-order valence-electron chi connectivity index (χ3n) is 3.51. The first-order valence-electron chi connectivity index (χ1n) is 6.87. The summed E-state index contributed by atoms with van der Waals surface area (Å²) in [7, 11) is 1.77. The molecule has 1 atom stereocenters. The van der Waals surface area contributed by atoms with Crippen LogP contribution in [0.1, 0.15) is 18.5 Å². The topological polar surface area (TPSA) is 20.3 Å². The summed E-state index contributed by atoms with van der Waals surface area (Å²) in [5.41, 5.74) is 0.920. The molecular formula is C17H17BrFNOS. The van der Waals surface area contributed by atoms with Crippen LogP contribution in [0.5, 0.6) is 0 Å². The second kappa shape index (κ2) is 7.79. The predicted molar refractivity (Wildman–Crippen MR) is 92.5 cm³/mol. The molecule has 5 heteroatoms. The Kier molecular flexibility index (Phi) is 6.03. The number of carbonyl (C=O) groups is 1. The number of nitrogens with zero attached hydrogens (tertiary/aromatic N) is 1. The summed E-state index contributed by atoms with van der Waals surface area (Å²) >= 11 is 4.98. The quantitative estimate of drug-likeness (QED) is 0.686. The van der Waals surface area contributed by atoms with Gasteiger partial charge in [0.25, 0.3) is 0 Å². The number of carbonyl (C=O) groups excluding carboxylic acids is 1. The van der Waals surface area contributed by atoms with Crippen LogP contribution in [-0.4, -0.2) is 23.6 Å². The Morgan fingerprint density at radius 1 is 1.23 bits per heavy atom. The third kappa shape index (κ3) is 4.34. The minimum absolute atomic E-state index is 0.0394. The highest BCUT2D eigenvalue weighted by molar-refractivity contribution is 9.10. The van der Waals surface area contributed by atoms with Gasteiger partial charge in [-0.3, -0.25) is 4.79 Å². The molecule has 0 aliphatic heterocycles. The molecule has 2 aromatic carbocycles. The van der Waals surface area contributed by atoms with Crippen molar-refractivity contribution in [1.82, 2.24) is 4.90 Å². The maximum atomic E-state index is 13.0. The van der Waals surface area contributed by atoms with Crippen LogP contribution in [0.2, 0.25) is 0 Å². The molecule has 0 aliphatic carbocycles. The van der Waals surface area contributed by atoms with Gasteiger partial charge in [0.2, 0.25) is 5.91 Å². The Labute approximate surface area is 142 Å². The highest BCUT2D eigenvalue weighted by Crippen LogP contribution is 2.28. The Balaban J connectivity index is 1.97. The molecule has 1 unspecified atom stereocenters. The molecule has 0 heterocycles. The van der Waals surface area contributed by atoms with E-state index in [9.17, 15) is 9.18 Å². The van der Waals surface area contributed by atoms with E-state index in [1.807, 2.05) is 31.2 Å². The fraction of sp³-hybridized carbons (Fsp3) is 0.235. The van der Waals surface area contributed by atoms with Gasteiger partial charge in [0, 0.05) is 16.4 Å². The Morgan fingerprint density at radius 2 is 1.86 bits per heavy atom. The van der Waals surface area contributed by atoms with Crippen LogP contribution < -0.4 is 0 Å². The molecule has 0 spiro atoms. The first-order valence-corrected chi connectivity index (χ1v) is 8.65. The number of hydrogen-bond donors (Lipinski definition) is 0. The number of rotatable bonds is 5. The van der Waals surface area contributed by atoms with Gasteiger partial charge < -0.3 is 4.90 Å². The van der Waals surface area contributed by atoms with Crippen LogP contribution >= 0.6 is 27.7 Å².